The Morgan fingerprint density at radius 1 is 1.42 bits per heavy atom. The zero-order valence-electron chi connectivity index (χ0n) is 7.84. The average molecular weight is 167 g/mol. The lowest BCUT2D eigenvalue weighted by atomic mass is 10.0. The maximum atomic E-state index is 11.4. The summed E-state index contributed by atoms with van der Waals surface area (Å²) in [7, 11) is 0. The first kappa shape index (κ1) is 8.24. The predicted octanol–water partition coefficient (Wildman–Crippen LogP) is 1.07. The van der Waals surface area contributed by atoms with Crippen molar-refractivity contribution in [2.45, 2.75) is 20.3 Å². The summed E-state index contributed by atoms with van der Waals surface area (Å²) in [5, 5.41) is 3.34. The molecule has 0 bridgehead atoms. The molecule has 1 heterocycles. The Morgan fingerprint density at radius 3 is 2.50 bits per heavy atom. The molecule has 0 aromatic rings. The molecule has 1 aliphatic heterocycles. The first-order valence-electron chi connectivity index (χ1n) is 4.93. The number of rotatable bonds is 3. The highest BCUT2D eigenvalue weighted by molar-refractivity contribution is 5.80. The van der Waals surface area contributed by atoms with Gasteiger partial charge in [-0.3, -0.25) is 4.79 Å². The molecule has 1 N–H and O–H groups in total. The molecule has 1 aliphatic carbocycles. The van der Waals surface area contributed by atoms with Crippen LogP contribution in [0.15, 0.2) is 0 Å². The summed E-state index contributed by atoms with van der Waals surface area (Å²) in [4.78, 5) is 11.4. The van der Waals surface area contributed by atoms with Crippen molar-refractivity contribution in [3.63, 3.8) is 0 Å². The van der Waals surface area contributed by atoms with Gasteiger partial charge in [-0.05, 0) is 30.8 Å². The van der Waals surface area contributed by atoms with E-state index in [0.717, 1.165) is 37.3 Å². The fourth-order valence-corrected chi connectivity index (χ4v) is 2.32. The van der Waals surface area contributed by atoms with Gasteiger partial charge in [-0.2, -0.15) is 0 Å². The van der Waals surface area contributed by atoms with E-state index in [1.807, 2.05) is 13.8 Å². The van der Waals surface area contributed by atoms with Crippen LogP contribution in [-0.2, 0) is 4.79 Å². The second kappa shape index (κ2) is 2.84. The number of carbonyl (C=O) groups excluding carboxylic acids is 1. The van der Waals surface area contributed by atoms with Crippen molar-refractivity contribution in [2.75, 3.05) is 13.1 Å². The molecular weight excluding hydrogens is 150 g/mol. The van der Waals surface area contributed by atoms with Gasteiger partial charge in [0.2, 0.25) is 0 Å². The van der Waals surface area contributed by atoms with Crippen LogP contribution in [0.3, 0.4) is 0 Å². The molecule has 0 spiro atoms. The number of nitrogens with one attached hydrogen (secondary N) is 1. The van der Waals surface area contributed by atoms with Gasteiger partial charge in [-0.1, -0.05) is 13.8 Å². The van der Waals surface area contributed by atoms with E-state index in [9.17, 15) is 4.79 Å². The normalized spacial score (nSPS) is 38.4. The van der Waals surface area contributed by atoms with Gasteiger partial charge in [0, 0.05) is 12.3 Å². The van der Waals surface area contributed by atoms with Gasteiger partial charge >= 0.3 is 0 Å². The summed E-state index contributed by atoms with van der Waals surface area (Å²) in [6.07, 6.45) is 0.842. The number of ketones is 1. The zero-order valence-corrected chi connectivity index (χ0v) is 7.84. The predicted molar refractivity (Wildman–Crippen MR) is 47.8 cm³/mol. The van der Waals surface area contributed by atoms with Crippen LogP contribution in [0.1, 0.15) is 20.3 Å². The highest BCUT2D eigenvalue weighted by Gasteiger charge is 2.52. The molecule has 2 fully saturated rings. The molecule has 68 valence electrons. The molecule has 2 rings (SSSR count). The number of carbonyl (C=O) groups is 1. The van der Waals surface area contributed by atoms with Crippen LogP contribution in [0.4, 0.5) is 0 Å². The molecular formula is C10H17NO. The van der Waals surface area contributed by atoms with Crippen molar-refractivity contribution in [1.29, 1.82) is 0 Å². The zero-order chi connectivity index (χ0) is 8.72. The van der Waals surface area contributed by atoms with Crippen molar-refractivity contribution < 1.29 is 4.79 Å². The van der Waals surface area contributed by atoms with Crippen molar-refractivity contribution >= 4 is 5.78 Å². The number of hydrogen-bond acceptors (Lipinski definition) is 2. The van der Waals surface area contributed by atoms with Gasteiger partial charge in [0.05, 0.1) is 0 Å². The number of piperidine rings is 1. The van der Waals surface area contributed by atoms with Crippen LogP contribution in [0, 0.1) is 23.7 Å². The van der Waals surface area contributed by atoms with Crippen LogP contribution in [-0.4, -0.2) is 18.9 Å². The Morgan fingerprint density at radius 2 is 2.00 bits per heavy atom. The van der Waals surface area contributed by atoms with Crippen molar-refractivity contribution in [1.82, 2.24) is 5.32 Å². The summed E-state index contributed by atoms with van der Waals surface area (Å²) in [6, 6.07) is 0. The van der Waals surface area contributed by atoms with E-state index in [-0.39, 0.29) is 5.92 Å². The van der Waals surface area contributed by atoms with E-state index in [2.05, 4.69) is 5.32 Å². The maximum Gasteiger partial charge on any atom is 0.135 e. The lowest BCUT2D eigenvalue weighted by molar-refractivity contribution is -0.122. The number of Topliss-reactive ketones (excluding diaryl/α,β-unsaturated/α-hetero) is 1. The summed E-state index contributed by atoms with van der Waals surface area (Å²) >= 11 is 0. The Bertz CT molecular complexity index is 190. The molecule has 3 atom stereocenters. The first-order valence-corrected chi connectivity index (χ1v) is 4.93. The van der Waals surface area contributed by atoms with Crippen LogP contribution in [0.5, 0.6) is 0 Å². The standard InChI is InChI=1S/C10H17NO/c1-6(2)10(12)3-7-8-4-11-5-9(7)8/h6-9,11H,3-5H2,1-2H3/t7?,8-,9+. The van der Waals surface area contributed by atoms with E-state index in [4.69, 9.17) is 0 Å². The van der Waals surface area contributed by atoms with Crippen LogP contribution in [0.2, 0.25) is 0 Å². The highest BCUT2D eigenvalue weighted by atomic mass is 16.1. The Labute approximate surface area is 73.7 Å². The van der Waals surface area contributed by atoms with Crippen LogP contribution < -0.4 is 5.32 Å². The van der Waals surface area contributed by atoms with E-state index >= 15 is 0 Å². The van der Waals surface area contributed by atoms with Crippen LogP contribution in [0.25, 0.3) is 0 Å². The van der Waals surface area contributed by atoms with E-state index in [1.54, 1.807) is 0 Å². The second-order valence-corrected chi connectivity index (χ2v) is 4.47. The van der Waals surface area contributed by atoms with E-state index in [0.29, 0.717) is 5.78 Å². The molecule has 0 aromatic heterocycles. The minimum absolute atomic E-state index is 0.235. The topological polar surface area (TPSA) is 29.1 Å². The molecule has 2 nitrogen and oxygen atoms in total. The van der Waals surface area contributed by atoms with Gasteiger partial charge in [0.15, 0.2) is 0 Å². The fourth-order valence-electron chi connectivity index (χ4n) is 2.32. The SMILES string of the molecule is CC(C)C(=O)CC1[C@H]2CNC[C@@H]12. The summed E-state index contributed by atoms with van der Waals surface area (Å²) in [5.74, 6) is 3.11. The molecule has 2 aliphatic rings. The third-order valence-corrected chi connectivity index (χ3v) is 3.35. The largest absolute Gasteiger partial charge is 0.316 e. The van der Waals surface area contributed by atoms with Gasteiger partial charge in [0.1, 0.15) is 5.78 Å². The third kappa shape index (κ3) is 1.28. The minimum Gasteiger partial charge on any atom is -0.316 e. The molecule has 2 heteroatoms. The highest BCUT2D eigenvalue weighted by Crippen LogP contribution is 2.50. The van der Waals surface area contributed by atoms with E-state index < -0.39 is 0 Å². The molecule has 1 saturated carbocycles. The molecule has 12 heavy (non-hydrogen) atoms. The number of fused-ring (bicyclic) bond motifs is 1. The van der Waals surface area contributed by atoms with Crippen molar-refractivity contribution in [2.24, 2.45) is 23.7 Å². The minimum atomic E-state index is 0.235. The summed E-state index contributed by atoms with van der Waals surface area (Å²) in [6.45, 7) is 6.30. The molecule has 0 aromatic carbocycles. The van der Waals surface area contributed by atoms with Gasteiger partial charge in [-0.15, -0.1) is 0 Å². The lowest BCUT2D eigenvalue weighted by Gasteiger charge is -2.05. The average Bonchev–Trinajstić information content (AvgIpc) is 2.46. The third-order valence-electron chi connectivity index (χ3n) is 3.35. The quantitative estimate of drug-likeness (QED) is 0.681. The summed E-state index contributed by atoms with van der Waals surface area (Å²) in [5.41, 5.74) is 0. The smallest absolute Gasteiger partial charge is 0.135 e. The van der Waals surface area contributed by atoms with Crippen LogP contribution >= 0.6 is 0 Å². The van der Waals surface area contributed by atoms with Crippen molar-refractivity contribution in [3.05, 3.63) is 0 Å². The number of hydrogen-bond donors (Lipinski definition) is 1. The molecule has 0 amide bonds. The summed E-state index contributed by atoms with van der Waals surface area (Å²) < 4.78 is 0. The first-order chi connectivity index (χ1) is 5.70. The molecule has 0 radical (unpaired) electrons. The maximum absolute atomic E-state index is 11.4. The lowest BCUT2D eigenvalue weighted by Crippen LogP contribution is -2.17. The Balaban J connectivity index is 1.79. The van der Waals surface area contributed by atoms with Gasteiger partial charge in [-0.25, -0.2) is 0 Å². The second-order valence-electron chi connectivity index (χ2n) is 4.47. The Hall–Kier alpha value is -0.370. The molecule has 1 unspecified atom stereocenters. The fraction of sp³-hybridized carbons (Fsp3) is 0.900. The van der Waals surface area contributed by atoms with Gasteiger partial charge < -0.3 is 5.32 Å². The van der Waals surface area contributed by atoms with Crippen molar-refractivity contribution in [3.8, 4) is 0 Å². The monoisotopic (exact) mass is 167 g/mol. The van der Waals surface area contributed by atoms with Gasteiger partial charge in [0.25, 0.3) is 0 Å². The Kier molecular flexibility index (Phi) is 1.95. The van der Waals surface area contributed by atoms with E-state index in [1.165, 1.54) is 0 Å². The molecule has 1 saturated heterocycles.